The van der Waals surface area contributed by atoms with Gasteiger partial charge in [0.2, 0.25) is 11.7 Å². The summed E-state index contributed by atoms with van der Waals surface area (Å²) in [5.74, 6) is 1.91. The molecule has 7 heteroatoms. The first-order valence-electron chi connectivity index (χ1n) is 9.93. The van der Waals surface area contributed by atoms with Crippen molar-refractivity contribution in [2.24, 2.45) is 0 Å². The van der Waals surface area contributed by atoms with Crippen molar-refractivity contribution in [3.05, 3.63) is 72.4 Å². The Morgan fingerprint density at radius 3 is 2.70 bits per heavy atom. The van der Waals surface area contributed by atoms with Crippen molar-refractivity contribution >= 4 is 10.8 Å². The molecule has 1 aliphatic heterocycles. The van der Waals surface area contributed by atoms with E-state index in [0.29, 0.717) is 31.2 Å². The average Bonchev–Trinajstić information content (AvgIpc) is 3.41. The lowest BCUT2D eigenvalue weighted by molar-refractivity contribution is 0.169. The number of ether oxygens (including phenoxy) is 1. The number of pyridine rings is 1. The Morgan fingerprint density at radius 2 is 1.90 bits per heavy atom. The SMILES string of the molecule is COc1ccc(CN2CC(O)CC2c2nc(-c3ccncc3)no2)c2ccccc12. The van der Waals surface area contributed by atoms with Crippen LogP contribution in [0.25, 0.3) is 22.2 Å². The number of hydrogen-bond acceptors (Lipinski definition) is 7. The van der Waals surface area contributed by atoms with E-state index >= 15 is 0 Å². The number of hydrogen-bond donors (Lipinski definition) is 1. The first kappa shape index (κ1) is 18.7. The molecule has 2 aromatic carbocycles. The van der Waals surface area contributed by atoms with E-state index in [9.17, 15) is 5.11 Å². The van der Waals surface area contributed by atoms with E-state index in [-0.39, 0.29) is 6.04 Å². The number of aromatic nitrogens is 3. The standard InChI is InChI=1S/C23H22N4O3/c1-29-21-7-6-16(18-4-2-3-5-19(18)21)13-27-14-17(28)12-20(27)23-25-22(26-30-23)15-8-10-24-11-9-15/h2-11,17,20,28H,12-14H2,1H3. The fourth-order valence-corrected chi connectivity index (χ4v) is 4.17. The molecule has 5 rings (SSSR count). The molecule has 0 aliphatic carbocycles. The number of likely N-dealkylation sites (tertiary alicyclic amines) is 1. The Morgan fingerprint density at radius 1 is 1.10 bits per heavy atom. The molecule has 2 unspecified atom stereocenters. The number of aliphatic hydroxyl groups is 1. The predicted molar refractivity (Wildman–Crippen MR) is 112 cm³/mol. The molecule has 3 heterocycles. The third kappa shape index (κ3) is 3.42. The fraction of sp³-hybridized carbons (Fsp3) is 0.261. The molecule has 7 nitrogen and oxygen atoms in total. The second-order valence-corrected chi connectivity index (χ2v) is 7.50. The normalized spacial score (nSPS) is 19.4. The molecule has 30 heavy (non-hydrogen) atoms. The highest BCUT2D eigenvalue weighted by atomic mass is 16.5. The summed E-state index contributed by atoms with van der Waals surface area (Å²) in [7, 11) is 1.68. The van der Waals surface area contributed by atoms with Gasteiger partial charge < -0.3 is 14.4 Å². The third-order valence-corrected chi connectivity index (χ3v) is 5.61. The molecule has 1 fully saturated rings. The molecule has 0 bridgehead atoms. The van der Waals surface area contributed by atoms with E-state index in [1.165, 1.54) is 5.56 Å². The summed E-state index contributed by atoms with van der Waals surface area (Å²) in [6.45, 7) is 1.22. The second kappa shape index (κ2) is 7.85. The largest absolute Gasteiger partial charge is 0.496 e. The van der Waals surface area contributed by atoms with Crippen molar-refractivity contribution in [1.82, 2.24) is 20.0 Å². The Bertz CT molecular complexity index is 1160. The maximum absolute atomic E-state index is 10.4. The topological polar surface area (TPSA) is 84.5 Å². The molecule has 1 N–H and O–H groups in total. The molecule has 0 spiro atoms. The summed E-state index contributed by atoms with van der Waals surface area (Å²) in [4.78, 5) is 10.8. The zero-order valence-electron chi connectivity index (χ0n) is 16.6. The lowest BCUT2D eigenvalue weighted by atomic mass is 10.0. The van der Waals surface area contributed by atoms with Gasteiger partial charge >= 0.3 is 0 Å². The average molecular weight is 402 g/mol. The Kier molecular flexibility index (Phi) is 4.90. The summed E-state index contributed by atoms with van der Waals surface area (Å²) in [6.07, 6.45) is 3.53. The van der Waals surface area contributed by atoms with Gasteiger partial charge in [0.1, 0.15) is 5.75 Å². The van der Waals surface area contributed by atoms with Gasteiger partial charge in [0.15, 0.2) is 0 Å². The number of rotatable bonds is 5. The van der Waals surface area contributed by atoms with Gasteiger partial charge in [-0.1, -0.05) is 35.5 Å². The van der Waals surface area contributed by atoms with Crippen LogP contribution in [0.3, 0.4) is 0 Å². The minimum atomic E-state index is -0.434. The van der Waals surface area contributed by atoms with Crippen molar-refractivity contribution in [2.75, 3.05) is 13.7 Å². The molecule has 1 saturated heterocycles. The van der Waals surface area contributed by atoms with Gasteiger partial charge in [0.05, 0.1) is 19.3 Å². The van der Waals surface area contributed by atoms with Gasteiger partial charge in [-0.05, 0) is 35.6 Å². The molecular weight excluding hydrogens is 380 g/mol. The molecular formula is C23H22N4O3. The molecule has 0 amide bonds. The van der Waals surface area contributed by atoms with E-state index in [1.807, 2.05) is 30.3 Å². The number of nitrogens with zero attached hydrogens (tertiary/aromatic N) is 4. The van der Waals surface area contributed by atoms with Crippen LogP contribution < -0.4 is 4.74 Å². The van der Waals surface area contributed by atoms with E-state index in [1.54, 1.807) is 19.5 Å². The van der Waals surface area contributed by atoms with Crippen LogP contribution >= 0.6 is 0 Å². The minimum Gasteiger partial charge on any atom is -0.496 e. The molecule has 4 aromatic rings. The number of benzene rings is 2. The first-order valence-corrected chi connectivity index (χ1v) is 9.93. The van der Waals surface area contributed by atoms with Crippen LogP contribution in [-0.4, -0.2) is 44.9 Å². The van der Waals surface area contributed by atoms with Crippen LogP contribution in [0.5, 0.6) is 5.75 Å². The van der Waals surface area contributed by atoms with E-state index in [4.69, 9.17) is 9.26 Å². The van der Waals surface area contributed by atoms with Gasteiger partial charge in [0, 0.05) is 36.4 Å². The summed E-state index contributed by atoms with van der Waals surface area (Å²) < 4.78 is 11.1. The molecule has 1 aliphatic rings. The summed E-state index contributed by atoms with van der Waals surface area (Å²) in [5, 5.41) is 16.7. The highest BCUT2D eigenvalue weighted by molar-refractivity contribution is 5.91. The van der Waals surface area contributed by atoms with Gasteiger partial charge in [-0.2, -0.15) is 4.98 Å². The van der Waals surface area contributed by atoms with Gasteiger partial charge in [-0.15, -0.1) is 0 Å². The van der Waals surface area contributed by atoms with E-state index in [2.05, 4.69) is 38.2 Å². The van der Waals surface area contributed by atoms with E-state index < -0.39 is 6.10 Å². The zero-order chi connectivity index (χ0) is 20.5. The highest BCUT2D eigenvalue weighted by Crippen LogP contribution is 2.36. The van der Waals surface area contributed by atoms with Crippen LogP contribution in [0, 0.1) is 0 Å². The maximum atomic E-state index is 10.4. The van der Waals surface area contributed by atoms with Crippen LogP contribution in [0.4, 0.5) is 0 Å². The molecule has 152 valence electrons. The minimum absolute atomic E-state index is 0.135. The Balaban J connectivity index is 1.45. The summed E-state index contributed by atoms with van der Waals surface area (Å²) >= 11 is 0. The molecule has 0 saturated carbocycles. The predicted octanol–water partition coefficient (Wildman–Crippen LogP) is 3.60. The Labute approximate surface area is 173 Å². The maximum Gasteiger partial charge on any atom is 0.244 e. The summed E-state index contributed by atoms with van der Waals surface area (Å²) in [6, 6.07) is 15.8. The molecule has 0 radical (unpaired) electrons. The van der Waals surface area contributed by atoms with Crippen molar-refractivity contribution in [3.63, 3.8) is 0 Å². The van der Waals surface area contributed by atoms with Crippen LogP contribution in [-0.2, 0) is 6.54 Å². The molecule has 2 aromatic heterocycles. The third-order valence-electron chi connectivity index (χ3n) is 5.61. The lowest BCUT2D eigenvalue weighted by Crippen LogP contribution is -2.24. The smallest absolute Gasteiger partial charge is 0.244 e. The summed E-state index contributed by atoms with van der Waals surface area (Å²) in [5.41, 5.74) is 2.02. The second-order valence-electron chi connectivity index (χ2n) is 7.50. The van der Waals surface area contributed by atoms with Gasteiger partial charge in [-0.25, -0.2) is 0 Å². The van der Waals surface area contributed by atoms with Crippen molar-refractivity contribution < 1.29 is 14.4 Å². The number of aliphatic hydroxyl groups excluding tert-OH is 1. The number of fused-ring (bicyclic) bond motifs is 1. The first-order chi connectivity index (χ1) is 14.7. The van der Waals surface area contributed by atoms with Gasteiger partial charge in [-0.3, -0.25) is 9.88 Å². The zero-order valence-corrected chi connectivity index (χ0v) is 16.6. The van der Waals surface area contributed by atoms with Crippen molar-refractivity contribution in [3.8, 4) is 17.1 Å². The Hall–Kier alpha value is -3.29. The number of β-amino-alcohol motifs (C(OH)–C–C–N with tert-alkyl or cyclic N) is 1. The fourth-order valence-electron chi connectivity index (χ4n) is 4.17. The quantitative estimate of drug-likeness (QED) is 0.546. The number of methoxy groups -OCH3 is 1. The lowest BCUT2D eigenvalue weighted by Gasteiger charge is -2.22. The molecule has 2 atom stereocenters. The van der Waals surface area contributed by atoms with Gasteiger partial charge in [0.25, 0.3) is 0 Å². The van der Waals surface area contributed by atoms with Crippen molar-refractivity contribution in [1.29, 1.82) is 0 Å². The van der Waals surface area contributed by atoms with Crippen LogP contribution in [0.1, 0.15) is 23.9 Å². The van der Waals surface area contributed by atoms with Crippen LogP contribution in [0.2, 0.25) is 0 Å². The van der Waals surface area contributed by atoms with Crippen molar-refractivity contribution in [2.45, 2.75) is 25.1 Å². The van der Waals surface area contributed by atoms with E-state index in [0.717, 1.165) is 22.1 Å². The monoisotopic (exact) mass is 402 g/mol. The highest BCUT2D eigenvalue weighted by Gasteiger charge is 2.36. The van der Waals surface area contributed by atoms with Crippen LogP contribution in [0.15, 0.2) is 65.4 Å².